The molecular weight excluding hydrogens is 238 g/mol. The Morgan fingerprint density at radius 1 is 1.38 bits per heavy atom. The molecule has 0 aliphatic carbocycles. The minimum atomic E-state index is -3.76. The molecule has 4 nitrogen and oxygen atoms in total. The van der Waals surface area contributed by atoms with Gasteiger partial charge in [0.1, 0.15) is 6.16 Å². The van der Waals surface area contributed by atoms with E-state index in [1.54, 1.807) is 37.3 Å². The second-order valence-electron chi connectivity index (χ2n) is 3.00. The molecule has 1 aromatic rings. The van der Waals surface area contributed by atoms with E-state index in [4.69, 9.17) is 0 Å². The maximum atomic E-state index is 11.5. The molecule has 0 amide bonds. The van der Waals surface area contributed by atoms with E-state index in [1.165, 1.54) is 0 Å². The van der Waals surface area contributed by atoms with Crippen LogP contribution in [-0.4, -0.2) is 53.0 Å². The fourth-order valence-electron chi connectivity index (χ4n) is 1.14. The van der Waals surface area contributed by atoms with Crippen LogP contribution in [-0.2, 0) is 9.09 Å². The summed E-state index contributed by atoms with van der Waals surface area (Å²) >= 11 is 0. The van der Waals surface area contributed by atoms with Gasteiger partial charge in [-0.2, -0.15) is 0 Å². The molecule has 0 aromatic heterocycles. The summed E-state index contributed by atoms with van der Waals surface area (Å²) in [6.07, 6.45) is -0.467. The standard InChI is InChI=1S/C10H13O4P.Na.H/c1-2-14-15(12,13)8-10(11)9-6-4-3-5-7-9;;/h3-7H,2,8H2,1H3,(H,12,13);;. The first-order chi connectivity index (χ1) is 7.05. The molecule has 0 fully saturated rings. The summed E-state index contributed by atoms with van der Waals surface area (Å²) < 4.78 is 15.9. The van der Waals surface area contributed by atoms with E-state index in [2.05, 4.69) is 4.52 Å². The van der Waals surface area contributed by atoms with Crippen LogP contribution in [0.1, 0.15) is 17.3 Å². The Kier molecular flexibility index (Phi) is 7.40. The third-order valence-corrected chi connectivity index (χ3v) is 3.12. The number of carbonyl (C=O) groups excluding carboxylic acids is 1. The number of rotatable bonds is 5. The molecule has 1 rings (SSSR count). The molecule has 1 unspecified atom stereocenters. The van der Waals surface area contributed by atoms with Gasteiger partial charge in [0.15, 0.2) is 5.78 Å². The number of ketones is 1. The molecular formula is C10H14NaO4P. The maximum absolute atomic E-state index is 11.5. The Morgan fingerprint density at radius 2 is 1.94 bits per heavy atom. The fourth-order valence-corrected chi connectivity index (χ4v) is 2.18. The van der Waals surface area contributed by atoms with Gasteiger partial charge < -0.3 is 9.42 Å². The molecule has 1 aromatic carbocycles. The molecule has 0 spiro atoms. The van der Waals surface area contributed by atoms with Crippen molar-refractivity contribution in [3.05, 3.63) is 35.9 Å². The van der Waals surface area contributed by atoms with Crippen molar-refractivity contribution in [2.45, 2.75) is 6.92 Å². The van der Waals surface area contributed by atoms with Crippen molar-refractivity contribution in [3.8, 4) is 0 Å². The number of hydrogen-bond donors (Lipinski definition) is 1. The molecule has 0 bridgehead atoms. The Labute approximate surface area is 117 Å². The molecule has 6 heteroatoms. The van der Waals surface area contributed by atoms with Gasteiger partial charge in [-0.1, -0.05) is 30.3 Å². The third kappa shape index (κ3) is 5.39. The van der Waals surface area contributed by atoms with Crippen LogP contribution >= 0.6 is 7.60 Å². The van der Waals surface area contributed by atoms with Crippen molar-refractivity contribution in [2.75, 3.05) is 12.8 Å². The summed E-state index contributed by atoms with van der Waals surface area (Å²) in [4.78, 5) is 20.8. The molecule has 0 saturated carbocycles. The van der Waals surface area contributed by atoms with Gasteiger partial charge in [0.05, 0.1) is 6.61 Å². The molecule has 16 heavy (non-hydrogen) atoms. The van der Waals surface area contributed by atoms with Crippen LogP contribution in [0.25, 0.3) is 0 Å². The van der Waals surface area contributed by atoms with Crippen LogP contribution < -0.4 is 0 Å². The van der Waals surface area contributed by atoms with Gasteiger partial charge in [0.25, 0.3) is 0 Å². The molecule has 1 N–H and O–H groups in total. The molecule has 0 aliphatic heterocycles. The van der Waals surface area contributed by atoms with Crippen molar-refractivity contribution in [2.24, 2.45) is 0 Å². The van der Waals surface area contributed by atoms with Gasteiger partial charge >= 0.3 is 37.2 Å². The van der Waals surface area contributed by atoms with Gasteiger partial charge in [0.2, 0.25) is 0 Å². The van der Waals surface area contributed by atoms with E-state index in [9.17, 15) is 14.3 Å². The Hall–Kier alpha value is 0.0400. The molecule has 0 heterocycles. The summed E-state index contributed by atoms with van der Waals surface area (Å²) in [7, 11) is -3.76. The quantitative estimate of drug-likeness (QED) is 0.489. The van der Waals surface area contributed by atoms with Crippen LogP contribution in [0.2, 0.25) is 0 Å². The van der Waals surface area contributed by atoms with E-state index < -0.39 is 13.8 Å². The van der Waals surface area contributed by atoms with Gasteiger partial charge in [0, 0.05) is 5.56 Å². The number of hydrogen-bond acceptors (Lipinski definition) is 3. The summed E-state index contributed by atoms with van der Waals surface area (Å²) in [6.45, 7) is 1.73. The van der Waals surface area contributed by atoms with Crippen molar-refractivity contribution >= 4 is 42.9 Å². The van der Waals surface area contributed by atoms with Crippen LogP contribution in [0.3, 0.4) is 0 Å². The van der Waals surface area contributed by atoms with E-state index in [1.807, 2.05) is 0 Å². The first-order valence-electron chi connectivity index (χ1n) is 4.60. The molecule has 84 valence electrons. The number of benzene rings is 1. The monoisotopic (exact) mass is 252 g/mol. The Bertz CT molecular complexity index is 380. The number of Topliss-reactive ketones (excluding diaryl/α,β-unsaturated/α-hetero) is 1. The SMILES string of the molecule is CCOP(=O)(O)CC(=O)c1ccccc1.[NaH]. The van der Waals surface area contributed by atoms with Crippen molar-refractivity contribution in [1.82, 2.24) is 0 Å². The van der Waals surface area contributed by atoms with E-state index in [0.29, 0.717) is 5.56 Å². The zero-order valence-electron chi connectivity index (χ0n) is 8.42. The summed E-state index contributed by atoms with van der Waals surface area (Å²) in [5.41, 5.74) is 0.423. The van der Waals surface area contributed by atoms with Gasteiger partial charge in [-0.25, -0.2) is 0 Å². The zero-order chi connectivity index (χ0) is 11.3. The minimum absolute atomic E-state index is 0. The predicted molar refractivity (Wildman–Crippen MR) is 64.2 cm³/mol. The Morgan fingerprint density at radius 3 is 2.44 bits per heavy atom. The predicted octanol–water partition coefficient (Wildman–Crippen LogP) is 1.44. The van der Waals surface area contributed by atoms with E-state index in [-0.39, 0.29) is 41.9 Å². The summed E-state index contributed by atoms with van der Waals surface area (Å²) in [5.74, 6) is -0.380. The van der Waals surface area contributed by atoms with Crippen molar-refractivity contribution < 1.29 is 18.8 Å². The summed E-state index contributed by atoms with van der Waals surface area (Å²) in [6, 6.07) is 8.40. The van der Waals surface area contributed by atoms with Crippen molar-refractivity contribution in [1.29, 1.82) is 0 Å². The fraction of sp³-hybridized carbons (Fsp3) is 0.300. The number of carbonyl (C=O) groups is 1. The molecule has 0 radical (unpaired) electrons. The van der Waals surface area contributed by atoms with Gasteiger partial charge in [-0.05, 0) is 6.92 Å². The first kappa shape index (κ1) is 16.0. The molecule has 0 saturated heterocycles. The van der Waals surface area contributed by atoms with Crippen LogP contribution in [0.5, 0.6) is 0 Å². The van der Waals surface area contributed by atoms with Crippen LogP contribution in [0, 0.1) is 0 Å². The topological polar surface area (TPSA) is 63.6 Å². The first-order valence-corrected chi connectivity index (χ1v) is 6.36. The van der Waals surface area contributed by atoms with Gasteiger partial charge in [-0.3, -0.25) is 9.36 Å². The van der Waals surface area contributed by atoms with Crippen molar-refractivity contribution in [3.63, 3.8) is 0 Å². The zero-order valence-corrected chi connectivity index (χ0v) is 9.31. The second-order valence-corrected chi connectivity index (χ2v) is 4.85. The second kappa shape index (κ2) is 7.38. The average molecular weight is 252 g/mol. The van der Waals surface area contributed by atoms with E-state index >= 15 is 0 Å². The average Bonchev–Trinajstić information content (AvgIpc) is 2.18. The van der Waals surface area contributed by atoms with Gasteiger partial charge in [-0.15, -0.1) is 0 Å². The van der Waals surface area contributed by atoms with Crippen LogP contribution in [0.15, 0.2) is 30.3 Å². The Balaban J connectivity index is 0.00000225. The normalized spacial score (nSPS) is 13.6. The molecule has 0 aliphatic rings. The van der Waals surface area contributed by atoms with E-state index in [0.717, 1.165) is 0 Å². The molecule has 1 atom stereocenters. The third-order valence-electron chi connectivity index (χ3n) is 1.77. The summed E-state index contributed by atoms with van der Waals surface area (Å²) in [5, 5.41) is 0. The van der Waals surface area contributed by atoms with Crippen LogP contribution in [0.4, 0.5) is 0 Å².